The topological polar surface area (TPSA) is 9.23 Å². The minimum absolute atomic E-state index is 0. The van der Waals surface area contributed by atoms with Crippen molar-refractivity contribution in [1.29, 1.82) is 0 Å². The van der Waals surface area contributed by atoms with Crippen molar-refractivity contribution in [2.75, 3.05) is 6.61 Å². The molecule has 0 N–H and O–H groups in total. The molecule has 0 aromatic heterocycles. The monoisotopic (exact) mass is 147 g/mol. The van der Waals surface area contributed by atoms with Crippen LogP contribution in [0.3, 0.4) is 0 Å². The largest absolute Gasteiger partial charge is 0.494 e. The molecular formula is C8H11MgO. The third-order valence-electron chi connectivity index (χ3n) is 0.990. The average molecular weight is 147 g/mol. The molecule has 1 radical (unpaired) electrons. The molecule has 0 atom stereocenters. The van der Waals surface area contributed by atoms with Gasteiger partial charge in [-0.05, 0) is 25.1 Å². The van der Waals surface area contributed by atoms with E-state index in [1.807, 2.05) is 31.2 Å². The van der Waals surface area contributed by atoms with E-state index in [2.05, 4.69) is 6.07 Å². The van der Waals surface area contributed by atoms with Crippen LogP contribution >= 0.6 is 0 Å². The molecule has 0 heterocycles. The highest BCUT2D eigenvalue weighted by Crippen LogP contribution is 2.06. The molecule has 1 rings (SSSR count). The second-order valence-corrected chi connectivity index (χ2v) is 1.67. The molecule has 1 aromatic rings. The van der Waals surface area contributed by atoms with Gasteiger partial charge in [0, 0.05) is 0 Å². The summed E-state index contributed by atoms with van der Waals surface area (Å²) in [5, 5.41) is 0. The van der Waals surface area contributed by atoms with E-state index in [1.165, 1.54) is 0 Å². The van der Waals surface area contributed by atoms with Gasteiger partial charge in [-0.25, -0.2) is 0 Å². The minimum atomic E-state index is 0. The van der Waals surface area contributed by atoms with Gasteiger partial charge in [0.1, 0.15) is 5.75 Å². The number of hydrogen-bond donors (Lipinski definition) is 0. The van der Waals surface area contributed by atoms with Crippen LogP contribution in [0.4, 0.5) is 0 Å². The highest BCUT2D eigenvalue weighted by Gasteiger charge is 1.84. The lowest BCUT2D eigenvalue weighted by molar-refractivity contribution is 0.340. The summed E-state index contributed by atoms with van der Waals surface area (Å²) in [5.41, 5.74) is 0. The quantitative estimate of drug-likeness (QED) is 0.567. The molecule has 0 aliphatic heterocycles. The smallest absolute Gasteiger partial charge is 0.316 e. The van der Waals surface area contributed by atoms with E-state index in [-0.39, 0.29) is 23.1 Å². The van der Waals surface area contributed by atoms with Crippen LogP contribution in [0.2, 0.25) is 0 Å². The van der Waals surface area contributed by atoms with Crippen molar-refractivity contribution < 1.29 is 4.74 Å². The number of hydrogen-bond acceptors (Lipinski definition) is 1. The van der Waals surface area contributed by atoms with Gasteiger partial charge in [0.2, 0.25) is 0 Å². The Labute approximate surface area is 77.5 Å². The fourth-order valence-electron chi connectivity index (χ4n) is 0.633. The van der Waals surface area contributed by atoms with Gasteiger partial charge in [0.15, 0.2) is 0 Å². The van der Waals surface area contributed by atoms with Gasteiger partial charge in [0.25, 0.3) is 0 Å². The Kier molecular flexibility index (Phi) is 5.44. The van der Waals surface area contributed by atoms with E-state index in [1.54, 1.807) is 0 Å². The van der Waals surface area contributed by atoms with Gasteiger partial charge in [-0.1, -0.05) is 12.1 Å². The molecule has 1 aromatic carbocycles. The Morgan fingerprint density at radius 3 is 2.90 bits per heavy atom. The van der Waals surface area contributed by atoms with Crippen molar-refractivity contribution in [3.8, 4) is 5.75 Å². The summed E-state index contributed by atoms with van der Waals surface area (Å²) in [5.74, 6) is 0.889. The van der Waals surface area contributed by atoms with Crippen molar-refractivity contribution in [2.24, 2.45) is 0 Å². The Bertz CT molecular complexity index is 162. The summed E-state index contributed by atoms with van der Waals surface area (Å²) in [7, 11) is 0. The fraction of sp³-hybridized carbons (Fsp3) is 0.250. The average Bonchev–Trinajstić information content (AvgIpc) is 1.91. The molecule has 10 heavy (non-hydrogen) atoms. The standard InChI is InChI=1S/C8H9O.Mg.2H/c1-2-9-8-6-4-3-5-7-8;;;/h3-4,6-7H,2H2,1H3;;;. The van der Waals surface area contributed by atoms with E-state index >= 15 is 0 Å². The van der Waals surface area contributed by atoms with Gasteiger partial charge in [-0.2, -0.15) is 0 Å². The summed E-state index contributed by atoms with van der Waals surface area (Å²) in [6, 6.07) is 10.4. The molecule has 0 saturated carbocycles. The number of rotatable bonds is 2. The maximum absolute atomic E-state index is 5.17. The van der Waals surface area contributed by atoms with E-state index < -0.39 is 0 Å². The Morgan fingerprint density at radius 1 is 1.60 bits per heavy atom. The lowest BCUT2D eigenvalue weighted by Crippen LogP contribution is -1.89. The summed E-state index contributed by atoms with van der Waals surface area (Å²) in [4.78, 5) is 0. The number of benzene rings is 1. The SMILES string of the molecule is CCOc1c[c]ccc1.[MgH2]. The lowest BCUT2D eigenvalue weighted by Gasteiger charge is -1.98. The molecule has 0 saturated heterocycles. The molecule has 0 amide bonds. The zero-order valence-corrected chi connectivity index (χ0v) is 5.42. The van der Waals surface area contributed by atoms with Crippen molar-refractivity contribution >= 4 is 23.1 Å². The summed E-state index contributed by atoms with van der Waals surface area (Å²) < 4.78 is 5.17. The molecular weight excluding hydrogens is 136 g/mol. The molecule has 0 unspecified atom stereocenters. The second-order valence-electron chi connectivity index (χ2n) is 1.67. The first-order chi connectivity index (χ1) is 4.43. The van der Waals surface area contributed by atoms with Crippen LogP contribution in [0.15, 0.2) is 24.3 Å². The van der Waals surface area contributed by atoms with E-state index in [0.29, 0.717) is 0 Å². The van der Waals surface area contributed by atoms with Gasteiger partial charge >= 0.3 is 23.1 Å². The predicted molar refractivity (Wildman–Crippen MR) is 45.0 cm³/mol. The minimum Gasteiger partial charge on any atom is -0.494 e. The first kappa shape index (κ1) is 9.79. The van der Waals surface area contributed by atoms with Crippen LogP contribution in [0, 0.1) is 6.07 Å². The van der Waals surface area contributed by atoms with Crippen molar-refractivity contribution in [3.63, 3.8) is 0 Å². The second kappa shape index (κ2) is 5.56. The van der Waals surface area contributed by atoms with Gasteiger partial charge < -0.3 is 4.74 Å². The zero-order valence-electron chi connectivity index (χ0n) is 5.42. The molecule has 0 aliphatic rings. The molecule has 0 fully saturated rings. The van der Waals surface area contributed by atoms with Crippen LogP contribution < -0.4 is 4.74 Å². The summed E-state index contributed by atoms with van der Waals surface area (Å²) in [6.45, 7) is 2.69. The first-order valence-corrected chi connectivity index (χ1v) is 3.02. The van der Waals surface area contributed by atoms with E-state index in [0.717, 1.165) is 12.4 Å². The third-order valence-corrected chi connectivity index (χ3v) is 0.990. The van der Waals surface area contributed by atoms with Crippen LogP contribution in [0.5, 0.6) is 5.75 Å². The highest BCUT2D eigenvalue weighted by atomic mass is 24.3. The Balaban J connectivity index is 0.000000810. The Morgan fingerprint density at radius 2 is 2.40 bits per heavy atom. The van der Waals surface area contributed by atoms with Crippen molar-refractivity contribution in [2.45, 2.75) is 6.92 Å². The highest BCUT2D eigenvalue weighted by molar-refractivity contribution is 5.75. The summed E-state index contributed by atoms with van der Waals surface area (Å²) in [6.07, 6.45) is 0. The van der Waals surface area contributed by atoms with Crippen LogP contribution in [0.1, 0.15) is 6.92 Å². The van der Waals surface area contributed by atoms with Crippen LogP contribution in [-0.4, -0.2) is 29.7 Å². The molecule has 1 nitrogen and oxygen atoms in total. The maximum atomic E-state index is 5.17. The maximum Gasteiger partial charge on any atom is 0.316 e. The van der Waals surface area contributed by atoms with Crippen LogP contribution in [-0.2, 0) is 0 Å². The van der Waals surface area contributed by atoms with Gasteiger partial charge in [-0.3, -0.25) is 0 Å². The third kappa shape index (κ3) is 3.08. The van der Waals surface area contributed by atoms with Crippen LogP contribution in [0.25, 0.3) is 0 Å². The first-order valence-electron chi connectivity index (χ1n) is 3.02. The zero-order chi connectivity index (χ0) is 6.53. The molecule has 2 heteroatoms. The van der Waals surface area contributed by atoms with E-state index in [4.69, 9.17) is 4.74 Å². The van der Waals surface area contributed by atoms with Gasteiger partial charge in [-0.15, -0.1) is 0 Å². The Hall–Kier alpha value is -0.214. The van der Waals surface area contributed by atoms with Crippen molar-refractivity contribution in [3.05, 3.63) is 30.3 Å². The predicted octanol–water partition coefficient (Wildman–Crippen LogP) is 0.969. The summed E-state index contributed by atoms with van der Waals surface area (Å²) >= 11 is 0. The molecule has 0 aliphatic carbocycles. The van der Waals surface area contributed by atoms with E-state index in [9.17, 15) is 0 Å². The molecule has 0 bridgehead atoms. The van der Waals surface area contributed by atoms with Gasteiger partial charge in [0.05, 0.1) is 6.61 Å². The molecule has 0 spiro atoms. The lowest BCUT2D eigenvalue weighted by atomic mass is 10.3. The van der Waals surface area contributed by atoms with Crippen molar-refractivity contribution in [1.82, 2.24) is 0 Å². The molecule has 51 valence electrons. The fourth-order valence-corrected chi connectivity index (χ4v) is 0.633. The number of ether oxygens (including phenoxy) is 1. The normalized spacial score (nSPS) is 8.10.